The summed E-state index contributed by atoms with van der Waals surface area (Å²) < 4.78 is 49.7. The molecule has 2 saturated carbocycles. The van der Waals surface area contributed by atoms with Crippen molar-refractivity contribution in [2.45, 2.75) is 63.3 Å². The number of pyridine rings is 1. The molecule has 0 radical (unpaired) electrons. The fourth-order valence-corrected chi connectivity index (χ4v) is 6.94. The first-order valence-electron chi connectivity index (χ1n) is 12.9. The van der Waals surface area contributed by atoms with Crippen molar-refractivity contribution in [3.8, 4) is 11.4 Å². The average Bonchev–Trinajstić information content (AvgIpc) is 3.57. The number of rotatable bonds is 4. The largest absolute Gasteiger partial charge is 0.493 e. The molecule has 0 unspecified atom stereocenters. The number of hydrogen-bond acceptors (Lipinski definition) is 6. The minimum atomic E-state index is -4.30. The first-order chi connectivity index (χ1) is 18.1. The molecule has 2 aliphatic heterocycles. The van der Waals surface area contributed by atoms with Gasteiger partial charge in [0.2, 0.25) is 0 Å². The Morgan fingerprint density at radius 3 is 2.50 bits per heavy atom. The summed E-state index contributed by atoms with van der Waals surface area (Å²) in [5.74, 6) is 3.23. The van der Waals surface area contributed by atoms with E-state index in [0.29, 0.717) is 10.8 Å². The second-order valence-corrected chi connectivity index (χ2v) is 11.8. The predicted octanol–water partition coefficient (Wildman–Crippen LogP) is 5.43. The topological polar surface area (TPSA) is 59.3 Å². The van der Waals surface area contributed by atoms with Gasteiger partial charge in [0.15, 0.2) is 17.4 Å². The molecule has 2 aromatic heterocycles. The highest BCUT2D eigenvalue weighted by Gasteiger charge is 2.67. The van der Waals surface area contributed by atoms with Crippen molar-refractivity contribution in [3.05, 3.63) is 58.3 Å². The first-order valence-corrected chi connectivity index (χ1v) is 13.3. The van der Waals surface area contributed by atoms with Crippen LogP contribution in [-0.4, -0.2) is 56.6 Å². The predicted molar refractivity (Wildman–Crippen MR) is 136 cm³/mol. The van der Waals surface area contributed by atoms with E-state index in [1.54, 1.807) is 19.2 Å². The number of fused-ring (bicyclic) bond motifs is 3. The molecule has 200 valence electrons. The number of ether oxygens (including phenoxy) is 1. The molecule has 11 heteroatoms. The molecule has 4 aliphatic rings. The Bertz CT molecular complexity index is 1420. The average molecular weight is 545 g/mol. The Kier molecular flexibility index (Phi) is 5.15. The van der Waals surface area contributed by atoms with E-state index in [9.17, 15) is 13.2 Å². The van der Waals surface area contributed by atoms with Crippen molar-refractivity contribution in [2.75, 3.05) is 25.1 Å². The molecule has 4 heterocycles. The van der Waals surface area contributed by atoms with Gasteiger partial charge in [-0.05, 0) is 68.5 Å². The molecular weight excluding hydrogens is 517 g/mol. The lowest BCUT2D eigenvalue weighted by Gasteiger charge is -2.59. The number of halogens is 4. The van der Waals surface area contributed by atoms with Crippen LogP contribution in [0.2, 0.25) is 5.02 Å². The maximum atomic E-state index is 14.1. The molecule has 38 heavy (non-hydrogen) atoms. The van der Waals surface area contributed by atoms with Crippen LogP contribution in [0.25, 0.3) is 5.69 Å². The van der Waals surface area contributed by atoms with Gasteiger partial charge in [-0.2, -0.15) is 13.2 Å². The number of alkyl halides is 3. The lowest BCUT2D eigenvalue weighted by Crippen LogP contribution is -2.62. The van der Waals surface area contributed by atoms with E-state index in [1.165, 1.54) is 4.90 Å². The van der Waals surface area contributed by atoms with Gasteiger partial charge in [0, 0.05) is 41.7 Å². The summed E-state index contributed by atoms with van der Waals surface area (Å²) in [4.78, 5) is 8.47. The van der Waals surface area contributed by atoms with Crippen LogP contribution >= 0.6 is 11.6 Å². The van der Waals surface area contributed by atoms with Crippen LogP contribution in [-0.2, 0) is 13.1 Å². The zero-order chi connectivity index (χ0) is 26.4. The van der Waals surface area contributed by atoms with Crippen LogP contribution in [0.5, 0.6) is 5.75 Å². The van der Waals surface area contributed by atoms with Crippen LogP contribution in [0.15, 0.2) is 30.3 Å². The minimum absolute atomic E-state index is 0.100. The van der Waals surface area contributed by atoms with Crippen molar-refractivity contribution in [3.63, 3.8) is 0 Å². The van der Waals surface area contributed by atoms with E-state index in [1.807, 2.05) is 29.7 Å². The number of anilines is 1. The maximum absolute atomic E-state index is 14.1. The molecule has 1 aromatic carbocycles. The summed E-state index contributed by atoms with van der Waals surface area (Å²) in [5, 5.41) is 9.49. The standard InChI is InChI=1S/C27H28ClF3N6O/c1-16-3-6-21(38-2)24(32-16)35-14-25(15-35)10-18(11-25)23-34-33-22-13-36(26(7-8-26)27(29,30)31)12-17-9-19(28)4-5-20(17)37(22)23/h3-6,9,18H,7-8,10-15H2,1-2H3. The lowest BCUT2D eigenvalue weighted by molar-refractivity contribution is -0.200. The summed E-state index contributed by atoms with van der Waals surface area (Å²) in [6, 6.07) is 9.35. The Hall–Kier alpha value is -2.85. The molecule has 3 fully saturated rings. The zero-order valence-corrected chi connectivity index (χ0v) is 22.0. The van der Waals surface area contributed by atoms with Crippen LogP contribution in [0.4, 0.5) is 19.0 Å². The summed E-state index contributed by atoms with van der Waals surface area (Å²) >= 11 is 6.30. The van der Waals surface area contributed by atoms with E-state index in [-0.39, 0.29) is 37.3 Å². The molecule has 1 saturated heterocycles. The van der Waals surface area contributed by atoms with Gasteiger partial charge < -0.3 is 9.64 Å². The Balaban J connectivity index is 1.15. The molecule has 1 spiro atoms. The van der Waals surface area contributed by atoms with Gasteiger partial charge >= 0.3 is 6.18 Å². The highest BCUT2D eigenvalue weighted by molar-refractivity contribution is 6.30. The van der Waals surface area contributed by atoms with Gasteiger partial charge in [0.05, 0.1) is 19.3 Å². The monoisotopic (exact) mass is 544 g/mol. The zero-order valence-electron chi connectivity index (χ0n) is 21.2. The molecule has 0 N–H and O–H groups in total. The Morgan fingerprint density at radius 1 is 1.05 bits per heavy atom. The molecule has 0 atom stereocenters. The van der Waals surface area contributed by atoms with Gasteiger partial charge in [-0.1, -0.05) is 11.6 Å². The van der Waals surface area contributed by atoms with Crippen molar-refractivity contribution in [2.24, 2.45) is 5.41 Å². The highest BCUT2D eigenvalue weighted by atomic mass is 35.5. The van der Waals surface area contributed by atoms with Crippen molar-refractivity contribution < 1.29 is 17.9 Å². The maximum Gasteiger partial charge on any atom is 0.406 e. The molecule has 0 bridgehead atoms. The number of nitrogens with zero attached hydrogens (tertiary/aromatic N) is 6. The van der Waals surface area contributed by atoms with E-state index in [4.69, 9.17) is 16.3 Å². The minimum Gasteiger partial charge on any atom is -0.493 e. The number of benzene rings is 1. The van der Waals surface area contributed by atoms with Gasteiger partial charge in [0.1, 0.15) is 11.4 Å². The quantitative estimate of drug-likeness (QED) is 0.437. The number of aromatic nitrogens is 4. The first kappa shape index (κ1) is 24.2. The molecule has 7 nitrogen and oxygen atoms in total. The fraction of sp³-hybridized carbons (Fsp3) is 0.519. The van der Waals surface area contributed by atoms with Crippen LogP contribution < -0.4 is 9.64 Å². The second kappa shape index (κ2) is 8.08. The normalized spacial score (nSPS) is 21.8. The van der Waals surface area contributed by atoms with Gasteiger partial charge in [-0.3, -0.25) is 9.47 Å². The summed E-state index contributed by atoms with van der Waals surface area (Å²) in [6.07, 6.45) is -2.18. The highest BCUT2D eigenvalue weighted by Crippen LogP contribution is 2.58. The third-order valence-corrected chi connectivity index (χ3v) is 9.10. The van der Waals surface area contributed by atoms with Crippen LogP contribution in [0, 0.1) is 12.3 Å². The van der Waals surface area contributed by atoms with Crippen LogP contribution in [0.1, 0.15) is 54.5 Å². The second-order valence-electron chi connectivity index (χ2n) is 11.4. The van der Waals surface area contributed by atoms with E-state index in [0.717, 1.165) is 60.3 Å². The summed E-state index contributed by atoms with van der Waals surface area (Å²) in [7, 11) is 1.66. The number of aryl methyl sites for hydroxylation is 1. The van der Waals surface area contributed by atoms with E-state index in [2.05, 4.69) is 20.1 Å². The summed E-state index contributed by atoms with van der Waals surface area (Å²) in [6.45, 7) is 4.04. The van der Waals surface area contributed by atoms with Gasteiger partial charge in [-0.15, -0.1) is 10.2 Å². The Labute approximate surface area is 223 Å². The van der Waals surface area contributed by atoms with Crippen molar-refractivity contribution in [1.29, 1.82) is 0 Å². The third kappa shape index (κ3) is 3.56. The van der Waals surface area contributed by atoms with Crippen molar-refractivity contribution >= 4 is 17.4 Å². The Morgan fingerprint density at radius 2 is 1.82 bits per heavy atom. The molecule has 0 amide bonds. The molecule has 3 aromatic rings. The third-order valence-electron chi connectivity index (χ3n) is 8.86. The lowest BCUT2D eigenvalue weighted by atomic mass is 9.57. The summed E-state index contributed by atoms with van der Waals surface area (Å²) in [5.41, 5.74) is 0.936. The number of hydrogen-bond donors (Lipinski definition) is 0. The molecule has 7 rings (SSSR count). The fourth-order valence-electron chi connectivity index (χ4n) is 6.75. The van der Waals surface area contributed by atoms with Gasteiger partial charge in [0.25, 0.3) is 0 Å². The van der Waals surface area contributed by atoms with Crippen molar-refractivity contribution in [1.82, 2.24) is 24.6 Å². The SMILES string of the molecule is COc1ccc(C)nc1N1CC2(CC(c3nnc4n3-c3ccc(Cl)cc3CN(C3(C(F)(F)F)CC3)C4)C2)C1. The van der Waals surface area contributed by atoms with E-state index >= 15 is 0 Å². The smallest absolute Gasteiger partial charge is 0.406 e. The molecule has 2 aliphatic carbocycles. The van der Waals surface area contributed by atoms with Crippen LogP contribution in [0.3, 0.4) is 0 Å². The number of methoxy groups -OCH3 is 1. The van der Waals surface area contributed by atoms with Gasteiger partial charge in [-0.25, -0.2) is 4.98 Å². The van der Waals surface area contributed by atoms with E-state index < -0.39 is 11.7 Å². The molecular formula is C27H28ClF3N6O.